The minimum Gasteiger partial charge on any atom is -0.424 e. The molecule has 76 valence electrons. The van der Waals surface area contributed by atoms with Crippen LogP contribution in [0.1, 0.15) is 13.8 Å². The van der Waals surface area contributed by atoms with Crippen molar-refractivity contribution in [1.29, 1.82) is 0 Å². The lowest BCUT2D eigenvalue weighted by Gasteiger charge is -2.33. The lowest BCUT2D eigenvalue weighted by atomic mass is 10.3. The Kier molecular flexibility index (Phi) is 3.07. The molecule has 0 bridgehead atoms. The van der Waals surface area contributed by atoms with Crippen LogP contribution in [0.5, 0.6) is 0 Å². The molecule has 0 unspecified atom stereocenters. The molecule has 0 saturated carbocycles. The Morgan fingerprint density at radius 3 is 2.46 bits per heavy atom. The van der Waals surface area contributed by atoms with Crippen LogP contribution in [0.3, 0.4) is 0 Å². The molecule has 6 heteroatoms. The summed E-state index contributed by atoms with van der Waals surface area (Å²) in [7, 11) is 0. The van der Waals surface area contributed by atoms with E-state index in [1.807, 2.05) is 0 Å². The minimum absolute atomic E-state index is 0.224. The van der Waals surface area contributed by atoms with Crippen LogP contribution in [-0.4, -0.2) is 36.5 Å². The molecule has 0 aliphatic carbocycles. The third-order valence-electron chi connectivity index (χ3n) is 1.57. The fraction of sp³-hybridized carbons (Fsp3) is 0.857. The predicted octanol–water partition coefficient (Wildman–Crippen LogP) is 0.764. The highest BCUT2D eigenvalue weighted by molar-refractivity contribution is 5.59. The fourth-order valence-electron chi connectivity index (χ4n) is 0.903. The van der Waals surface area contributed by atoms with E-state index < -0.39 is 18.0 Å². The molecule has 1 saturated heterocycles. The maximum atomic E-state index is 10.4. The molecule has 0 aromatic heterocycles. The van der Waals surface area contributed by atoms with E-state index >= 15 is 0 Å². The van der Waals surface area contributed by atoms with Gasteiger partial charge < -0.3 is 14.2 Å². The van der Waals surface area contributed by atoms with Gasteiger partial charge in [0.1, 0.15) is 0 Å². The monoisotopic (exact) mass is 192 g/mol. The van der Waals surface area contributed by atoms with Crippen LogP contribution in [0.2, 0.25) is 0 Å². The highest BCUT2D eigenvalue weighted by atomic mass is 17.1. The molecule has 6 nitrogen and oxygen atoms in total. The summed E-state index contributed by atoms with van der Waals surface area (Å²) in [6, 6.07) is 0. The Morgan fingerprint density at radius 2 is 2.00 bits per heavy atom. The van der Waals surface area contributed by atoms with E-state index in [9.17, 15) is 4.79 Å². The summed E-state index contributed by atoms with van der Waals surface area (Å²) in [5.74, 6) is -0.650. The first-order valence-corrected chi connectivity index (χ1v) is 3.83. The van der Waals surface area contributed by atoms with Crippen molar-refractivity contribution in [2.75, 3.05) is 13.2 Å². The number of hydrogen-bond donors (Lipinski definition) is 1. The van der Waals surface area contributed by atoms with Gasteiger partial charge in [0.25, 0.3) is 0 Å². The summed E-state index contributed by atoms with van der Waals surface area (Å²) in [5.41, 5.74) is 0. The highest BCUT2D eigenvalue weighted by Crippen LogP contribution is 2.18. The van der Waals surface area contributed by atoms with Crippen molar-refractivity contribution in [3.63, 3.8) is 0 Å². The number of rotatable bonds is 1. The van der Waals surface area contributed by atoms with Crippen LogP contribution in [0.25, 0.3) is 0 Å². The van der Waals surface area contributed by atoms with Crippen LogP contribution in [0.15, 0.2) is 0 Å². The van der Waals surface area contributed by atoms with E-state index in [0.717, 1.165) is 0 Å². The van der Waals surface area contributed by atoms with Crippen LogP contribution in [0, 0.1) is 0 Å². The van der Waals surface area contributed by atoms with E-state index in [-0.39, 0.29) is 13.2 Å². The standard InChI is InChI=1S/C7H12O6/c1-7(2)10-3-5(4-11-7)12-6(8)13-9/h5,9H,3-4H2,1-2H3. The Balaban J connectivity index is 2.29. The smallest absolute Gasteiger partial charge is 0.424 e. The zero-order chi connectivity index (χ0) is 9.90. The first-order chi connectivity index (χ1) is 6.03. The van der Waals surface area contributed by atoms with Gasteiger partial charge in [0.15, 0.2) is 11.9 Å². The number of hydrogen-bond acceptors (Lipinski definition) is 6. The van der Waals surface area contributed by atoms with E-state index in [0.29, 0.717) is 0 Å². The lowest BCUT2D eigenvalue weighted by Crippen LogP contribution is -2.43. The third-order valence-corrected chi connectivity index (χ3v) is 1.57. The molecule has 1 rings (SSSR count). The second-order valence-electron chi connectivity index (χ2n) is 3.10. The fourth-order valence-corrected chi connectivity index (χ4v) is 0.903. The van der Waals surface area contributed by atoms with Crippen molar-refractivity contribution in [2.45, 2.75) is 25.7 Å². The Bertz CT molecular complexity index is 179. The lowest BCUT2D eigenvalue weighted by molar-refractivity contribution is -0.281. The second-order valence-corrected chi connectivity index (χ2v) is 3.10. The minimum atomic E-state index is -1.16. The largest absolute Gasteiger partial charge is 0.540 e. The van der Waals surface area contributed by atoms with Crippen molar-refractivity contribution >= 4 is 6.16 Å². The molecule has 0 amide bonds. The summed E-state index contributed by atoms with van der Waals surface area (Å²) in [5, 5.41) is 7.91. The summed E-state index contributed by atoms with van der Waals surface area (Å²) in [4.78, 5) is 13.8. The predicted molar refractivity (Wildman–Crippen MR) is 40.0 cm³/mol. The average molecular weight is 192 g/mol. The van der Waals surface area contributed by atoms with E-state index in [1.54, 1.807) is 13.8 Å². The van der Waals surface area contributed by atoms with Crippen molar-refractivity contribution in [2.24, 2.45) is 0 Å². The summed E-state index contributed by atoms with van der Waals surface area (Å²) >= 11 is 0. The molecule has 0 spiro atoms. The van der Waals surface area contributed by atoms with Gasteiger partial charge in [-0.25, -0.2) is 4.79 Å². The van der Waals surface area contributed by atoms with E-state index in [2.05, 4.69) is 9.62 Å². The topological polar surface area (TPSA) is 74.2 Å². The Hall–Kier alpha value is -0.850. The van der Waals surface area contributed by atoms with E-state index in [1.165, 1.54) is 0 Å². The van der Waals surface area contributed by atoms with Gasteiger partial charge >= 0.3 is 6.16 Å². The van der Waals surface area contributed by atoms with Gasteiger partial charge in [0.2, 0.25) is 0 Å². The Morgan fingerprint density at radius 1 is 1.46 bits per heavy atom. The molecule has 0 aromatic carbocycles. The molecular weight excluding hydrogens is 180 g/mol. The Labute approximate surface area is 75.3 Å². The van der Waals surface area contributed by atoms with Gasteiger partial charge in [-0.3, -0.25) is 4.89 Å². The molecule has 0 atom stereocenters. The van der Waals surface area contributed by atoms with E-state index in [4.69, 9.17) is 14.7 Å². The zero-order valence-corrected chi connectivity index (χ0v) is 7.48. The third kappa shape index (κ3) is 3.17. The molecule has 1 fully saturated rings. The normalized spacial score (nSPS) is 22.4. The second kappa shape index (κ2) is 3.91. The number of ether oxygens (including phenoxy) is 3. The van der Waals surface area contributed by atoms with Crippen LogP contribution >= 0.6 is 0 Å². The molecule has 1 aliphatic heterocycles. The van der Waals surface area contributed by atoms with Gasteiger partial charge in [-0.1, -0.05) is 0 Å². The van der Waals surface area contributed by atoms with Gasteiger partial charge in [-0.15, -0.1) is 0 Å². The molecule has 1 N–H and O–H groups in total. The SMILES string of the molecule is CC1(C)OCC(OC(=O)OO)CO1. The van der Waals surface area contributed by atoms with Gasteiger partial charge in [-0.05, 0) is 13.8 Å². The van der Waals surface area contributed by atoms with Crippen molar-refractivity contribution in [3.8, 4) is 0 Å². The number of carbonyl (C=O) groups excluding carboxylic acids is 1. The van der Waals surface area contributed by atoms with Crippen molar-refractivity contribution in [1.82, 2.24) is 0 Å². The highest BCUT2D eigenvalue weighted by Gasteiger charge is 2.30. The number of carbonyl (C=O) groups is 1. The van der Waals surface area contributed by atoms with Crippen LogP contribution in [-0.2, 0) is 19.1 Å². The molecule has 1 aliphatic rings. The van der Waals surface area contributed by atoms with Crippen molar-refractivity contribution in [3.05, 3.63) is 0 Å². The summed E-state index contributed by atoms with van der Waals surface area (Å²) in [6.07, 6.45) is -1.69. The zero-order valence-electron chi connectivity index (χ0n) is 7.48. The van der Waals surface area contributed by atoms with Crippen LogP contribution in [0.4, 0.5) is 4.79 Å². The molecule has 13 heavy (non-hydrogen) atoms. The molecular formula is C7H12O6. The molecule has 0 radical (unpaired) electrons. The summed E-state index contributed by atoms with van der Waals surface area (Å²) < 4.78 is 14.9. The molecule has 0 aromatic rings. The molecule has 1 heterocycles. The maximum absolute atomic E-state index is 10.4. The summed E-state index contributed by atoms with van der Waals surface area (Å²) in [6.45, 7) is 3.96. The van der Waals surface area contributed by atoms with Gasteiger partial charge in [0, 0.05) is 0 Å². The quantitative estimate of drug-likeness (QED) is 0.375. The maximum Gasteiger partial charge on any atom is 0.540 e. The van der Waals surface area contributed by atoms with Gasteiger partial charge in [0.05, 0.1) is 13.2 Å². The van der Waals surface area contributed by atoms with Crippen LogP contribution < -0.4 is 0 Å². The first-order valence-electron chi connectivity index (χ1n) is 3.83. The first kappa shape index (κ1) is 10.2. The average Bonchev–Trinajstić information content (AvgIpc) is 2.08. The van der Waals surface area contributed by atoms with Gasteiger partial charge in [-0.2, -0.15) is 5.26 Å². The van der Waals surface area contributed by atoms with Crippen molar-refractivity contribution < 1.29 is 29.1 Å².